The first-order valence-corrected chi connectivity index (χ1v) is 7.30. The molecular formula is C15H17F3N2O4. The van der Waals surface area contributed by atoms with Crippen LogP contribution in [-0.2, 0) is 22.3 Å². The van der Waals surface area contributed by atoms with Crippen molar-refractivity contribution in [1.29, 1.82) is 0 Å². The first-order valence-electron chi connectivity index (χ1n) is 7.30. The summed E-state index contributed by atoms with van der Waals surface area (Å²) >= 11 is 0. The molecule has 1 heterocycles. The van der Waals surface area contributed by atoms with Crippen molar-refractivity contribution in [3.63, 3.8) is 0 Å². The van der Waals surface area contributed by atoms with Gasteiger partial charge in [0.05, 0.1) is 18.2 Å². The van der Waals surface area contributed by atoms with Gasteiger partial charge in [0.2, 0.25) is 5.91 Å². The molecular weight excluding hydrogens is 329 g/mol. The van der Waals surface area contributed by atoms with Gasteiger partial charge in [0.25, 0.3) is 0 Å². The van der Waals surface area contributed by atoms with E-state index in [4.69, 9.17) is 9.84 Å². The Kier molecular flexibility index (Phi) is 5.66. The zero-order valence-electron chi connectivity index (χ0n) is 12.6. The minimum atomic E-state index is -4.39. The first kappa shape index (κ1) is 18.1. The second kappa shape index (κ2) is 7.52. The Labute approximate surface area is 136 Å². The van der Waals surface area contributed by atoms with E-state index in [2.05, 4.69) is 10.6 Å². The number of hydrogen-bond donors (Lipinski definition) is 3. The lowest BCUT2D eigenvalue weighted by Crippen LogP contribution is -2.46. The molecule has 2 amide bonds. The van der Waals surface area contributed by atoms with Crippen LogP contribution < -0.4 is 10.6 Å². The van der Waals surface area contributed by atoms with E-state index >= 15 is 0 Å². The lowest BCUT2D eigenvalue weighted by atomic mass is 10.0. The maximum absolute atomic E-state index is 12.5. The van der Waals surface area contributed by atoms with Crippen LogP contribution in [0.15, 0.2) is 24.3 Å². The van der Waals surface area contributed by atoms with Crippen LogP contribution in [0.1, 0.15) is 24.0 Å². The third-order valence-electron chi connectivity index (χ3n) is 3.64. The highest BCUT2D eigenvalue weighted by Gasteiger charge is 2.30. The molecule has 6 nitrogen and oxygen atoms in total. The molecule has 0 aliphatic carbocycles. The molecule has 0 radical (unpaired) electrons. The summed E-state index contributed by atoms with van der Waals surface area (Å²) in [6.45, 7) is 0.193. The van der Waals surface area contributed by atoms with E-state index in [-0.39, 0.29) is 25.1 Å². The number of rotatable bonds is 4. The quantitative estimate of drug-likeness (QED) is 0.779. The number of nitrogens with one attached hydrogen (secondary N) is 2. The molecule has 0 bridgehead atoms. The number of carboxylic acid groups (broad SMARTS) is 1. The van der Waals surface area contributed by atoms with Crippen molar-refractivity contribution in [3.05, 3.63) is 35.4 Å². The molecule has 1 aromatic rings. The van der Waals surface area contributed by atoms with Crippen molar-refractivity contribution in [2.24, 2.45) is 0 Å². The number of halogens is 3. The maximum Gasteiger partial charge on any atom is 0.416 e. The van der Waals surface area contributed by atoms with Crippen LogP contribution in [0.5, 0.6) is 0 Å². The van der Waals surface area contributed by atoms with Gasteiger partial charge in [0.15, 0.2) is 0 Å². The van der Waals surface area contributed by atoms with Crippen LogP contribution in [0.2, 0.25) is 0 Å². The number of ether oxygens (including phenoxy) is 1. The van der Waals surface area contributed by atoms with Gasteiger partial charge in [-0.3, -0.25) is 4.79 Å². The third-order valence-corrected chi connectivity index (χ3v) is 3.64. The molecule has 132 valence electrons. The fraction of sp³-hybridized carbons (Fsp3) is 0.467. The van der Waals surface area contributed by atoms with Gasteiger partial charge in [-0.25, -0.2) is 4.79 Å². The van der Waals surface area contributed by atoms with Crippen molar-refractivity contribution in [2.45, 2.75) is 37.7 Å². The summed E-state index contributed by atoms with van der Waals surface area (Å²) in [5.74, 6) is -0.372. The molecule has 0 unspecified atom stereocenters. The van der Waals surface area contributed by atoms with Gasteiger partial charge in [0, 0.05) is 6.54 Å². The fourth-order valence-electron chi connectivity index (χ4n) is 2.36. The zero-order valence-corrected chi connectivity index (χ0v) is 12.6. The average Bonchev–Trinajstić information content (AvgIpc) is 2.52. The van der Waals surface area contributed by atoms with Gasteiger partial charge < -0.3 is 20.5 Å². The number of alkyl halides is 3. The molecule has 0 aromatic heterocycles. The minimum Gasteiger partial charge on any atom is -0.465 e. The summed E-state index contributed by atoms with van der Waals surface area (Å²) < 4.78 is 42.7. The normalized spacial score (nSPS) is 21.1. The van der Waals surface area contributed by atoms with Gasteiger partial charge in [-0.05, 0) is 30.5 Å². The summed E-state index contributed by atoms with van der Waals surface area (Å²) in [6, 6.07) is 4.18. The molecule has 1 saturated heterocycles. The Morgan fingerprint density at radius 2 is 1.88 bits per heavy atom. The van der Waals surface area contributed by atoms with Crippen molar-refractivity contribution in [1.82, 2.24) is 10.6 Å². The second-order valence-electron chi connectivity index (χ2n) is 5.46. The van der Waals surface area contributed by atoms with E-state index < -0.39 is 23.9 Å². The fourth-order valence-corrected chi connectivity index (χ4v) is 2.36. The molecule has 1 aliphatic rings. The van der Waals surface area contributed by atoms with Crippen LogP contribution in [0.3, 0.4) is 0 Å². The molecule has 2 atom stereocenters. The second-order valence-corrected chi connectivity index (χ2v) is 5.46. The summed E-state index contributed by atoms with van der Waals surface area (Å²) in [6.07, 6.45) is -5.38. The van der Waals surface area contributed by atoms with Crippen LogP contribution >= 0.6 is 0 Å². The summed E-state index contributed by atoms with van der Waals surface area (Å²) in [5, 5.41) is 13.5. The Morgan fingerprint density at radius 3 is 2.38 bits per heavy atom. The van der Waals surface area contributed by atoms with Crippen LogP contribution in [0.4, 0.5) is 18.0 Å². The first-order chi connectivity index (χ1) is 11.3. The summed E-state index contributed by atoms with van der Waals surface area (Å²) in [5.41, 5.74) is -0.206. The Hall–Kier alpha value is -2.29. The number of amides is 2. The monoisotopic (exact) mass is 346 g/mol. The number of benzene rings is 1. The zero-order chi connectivity index (χ0) is 17.7. The van der Waals surface area contributed by atoms with E-state index in [1.54, 1.807) is 0 Å². The lowest BCUT2D eigenvalue weighted by molar-refractivity contribution is -0.138. The third kappa shape index (κ3) is 5.12. The highest BCUT2D eigenvalue weighted by Crippen LogP contribution is 2.29. The van der Waals surface area contributed by atoms with Gasteiger partial charge in [-0.1, -0.05) is 12.1 Å². The van der Waals surface area contributed by atoms with E-state index in [9.17, 15) is 22.8 Å². The highest BCUT2D eigenvalue weighted by molar-refractivity contribution is 5.80. The average molecular weight is 346 g/mol. The van der Waals surface area contributed by atoms with Crippen molar-refractivity contribution in [2.75, 3.05) is 6.61 Å². The number of carbonyl (C=O) groups is 2. The maximum atomic E-state index is 12.5. The molecule has 1 fully saturated rings. The predicted octanol–water partition coefficient (Wildman–Crippen LogP) is 2.14. The van der Waals surface area contributed by atoms with Crippen molar-refractivity contribution in [3.8, 4) is 0 Å². The Morgan fingerprint density at radius 1 is 1.21 bits per heavy atom. The number of carbonyl (C=O) groups excluding carboxylic acids is 1. The molecule has 3 N–H and O–H groups in total. The molecule has 0 spiro atoms. The molecule has 0 saturated carbocycles. The predicted molar refractivity (Wildman–Crippen MR) is 77.2 cm³/mol. The van der Waals surface area contributed by atoms with E-state index in [0.717, 1.165) is 12.1 Å². The molecule has 9 heteroatoms. The van der Waals surface area contributed by atoms with E-state index in [1.165, 1.54) is 12.1 Å². The minimum absolute atomic E-state index is 0.0909. The van der Waals surface area contributed by atoms with Gasteiger partial charge in [0.1, 0.15) is 6.10 Å². The largest absolute Gasteiger partial charge is 0.465 e. The SMILES string of the molecule is O=C(O)N[C@@H]1CC[C@@H](C(=O)NCc2ccc(C(F)(F)F)cc2)OC1. The van der Waals surface area contributed by atoms with Gasteiger partial charge in [-0.2, -0.15) is 13.2 Å². The smallest absolute Gasteiger partial charge is 0.416 e. The highest BCUT2D eigenvalue weighted by atomic mass is 19.4. The lowest BCUT2D eigenvalue weighted by Gasteiger charge is -2.28. The van der Waals surface area contributed by atoms with Crippen LogP contribution in [0, 0.1) is 0 Å². The Bertz CT molecular complexity index is 581. The molecule has 1 aliphatic heterocycles. The van der Waals surface area contributed by atoms with Crippen molar-refractivity contribution < 1.29 is 32.6 Å². The Balaban J connectivity index is 1.78. The van der Waals surface area contributed by atoms with Gasteiger partial charge >= 0.3 is 12.3 Å². The number of hydrogen-bond acceptors (Lipinski definition) is 3. The molecule has 2 rings (SSSR count). The topological polar surface area (TPSA) is 87.7 Å². The summed E-state index contributed by atoms with van der Waals surface area (Å²) in [7, 11) is 0. The van der Waals surface area contributed by atoms with E-state index in [1.807, 2.05) is 0 Å². The van der Waals surface area contributed by atoms with E-state index in [0.29, 0.717) is 18.4 Å². The summed E-state index contributed by atoms with van der Waals surface area (Å²) in [4.78, 5) is 22.5. The van der Waals surface area contributed by atoms with Gasteiger partial charge in [-0.15, -0.1) is 0 Å². The van der Waals surface area contributed by atoms with Crippen LogP contribution in [0.25, 0.3) is 0 Å². The van der Waals surface area contributed by atoms with Crippen molar-refractivity contribution >= 4 is 12.0 Å². The standard InChI is InChI=1S/C15H17F3N2O4/c16-15(17,18)10-3-1-9(2-4-10)7-19-13(21)12-6-5-11(8-24-12)20-14(22)23/h1-4,11-12,20H,5-8H2,(H,19,21)(H,22,23)/t11-,12+/m1/s1. The molecule has 1 aromatic carbocycles. The molecule has 24 heavy (non-hydrogen) atoms. The van der Waals surface area contributed by atoms with Crippen LogP contribution in [-0.4, -0.2) is 35.9 Å².